The van der Waals surface area contributed by atoms with Crippen molar-refractivity contribution in [2.75, 3.05) is 4.90 Å². The summed E-state index contributed by atoms with van der Waals surface area (Å²) in [6, 6.07) is 21.9. The number of halogens is 1. The predicted molar refractivity (Wildman–Crippen MR) is 94.3 cm³/mol. The van der Waals surface area contributed by atoms with Crippen molar-refractivity contribution in [1.82, 2.24) is 0 Å². The third-order valence-corrected chi connectivity index (χ3v) is 5.08. The lowest BCUT2D eigenvalue weighted by atomic mass is 10.1. The van der Waals surface area contributed by atoms with Crippen LogP contribution in [0.2, 0.25) is 0 Å². The van der Waals surface area contributed by atoms with Gasteiger partial charge in [-0.1, -0.05) is 48.2 Å². The normalized spacial score (nSPS) is 12.5. The van der Waals surface area contributed by atoms with Gasteiger partial charge in [-0.3, -0.25) is 9.69 Å². The smallest absolute Gasteiger partial charge is 0.236 e. The fourth-order valence-corrected chi connectivity index (χ4v) is 3.89. The van der Waals surface area contributed by atoms with Crippen LogP contribution in [-0.2, 0) is 11.2 Å². The van der Waals surface area contributed by atoms with Crippen LogP contribution in [0.5, 0.6) is 0 Å². The molecular weight excluding hydrogens is 321 g/mol. The summed E-state index contributed by atoms with van der Waals surface area (Å²) in [6.07, 6.45) is 0.230. The minimum absolute atomic E-state index is 0.0261. The number of anilines is 2. The maximum Gasteiger partial charge on any atom is 0.236 e. The molecule has 4 rings (SSSR count). The highest BCUT2D eigenvalue weighted by Crippen LogP contribution is 2.47. The molecule has 0 aliphatic carbocycles. The second kappa shape index (κ2) is 6.13. The van der Waals surface area contributed by atoms with Crippen LogP contribution in [0.1, 0.15) is 5.56 Å². The van der Waals surface area contributed by atoms with Gasteiger partial charge in [-0.15, -0.1) is 0 Å². The summed E-state index contributed by atoms with van der Waals surface area (Å²) in [5, 5.41) is 0. The minimum atomic E-state index is -0.295. The van der Waals surface area contributed by atoms with Crippen LogP contribution in [0, 0.1) is 5.82 Å². The quantitative estimate of drug-likeness (QED) is 0.642. The molecule has 1 amide bonds. The van der Waals surface area contributed by atoms with Crippen LogP contribution < -0.4 is 4.90 Å². The lowest BCUT2D eigenvalue weighted by molar-refractivity contribution is -0.117. The Hall–Kier alpha value is -2.59. The number of rotatable bonds is 2. The Morgan fingerprint density at radius 2 is 1.38 bits per heavy atom. The van der Waals surface area contributed by atoms with Crippen LogP contribution in [0.25, 0.3) is 0 Å². The SMILES string of the molecule is O=C(Cc1ccc(F)cc1)N1c2ccccc2Sc2ccccc21. The Bertz CT molecular complexity index is 862. The molecule has 1 aliphatic heterocycles. The Kier molecular flexibility index (Phi) is 3.82. The van der Waals surface area contributed by atoms with Crippen LogP contribution in [0.4, 0.5) is 15.8 Å². The number of fused-ring (bicyclic) bond motifs is 2. The van der Waals surface area contributed by atoms with E-state index in [9.17, 15) is 9.18 Å². The molecular formula is C20H14FNOS. The van der Waals surface area contributed by atoms with Gasteiger partial charge in [0.1, 0.15) is 5.82 Å². The van der Waals surface area contributed by atoms with E-state index in [2.05, 4.69) is 0 Å². The molecule has 0 saturated carbocycles. The Morgan fingerprint density at radius 3 is 1.96 bits per heavy atom. The molecule has 24 heavy (non-hydrogen) atoms. The molecule has 4 heteroatoms. The van der Waals surface area contributed by atoms with Crippen LogP contribution >= 0.6 is 11.8 Å². The fourth-order valence-electron chi connectivity index (χ4n) is 2.83. The van der Waals surface area contributed by atoms with Gasteiger partial charge in [-0.25, -0.2) is 4.39 Å². The number of carbonyl (C=O) groups excluding carboxylic acids is 1. The molecule has 1 aliphatic rings. The van der Waals surface area contributed by atoms with Crippen molar-refractivity contribution < 1.29 is 9.18 Å². The van der Waals surface area contributed by atoms with Gasteiger partial charge in [0.05, 0.1) is 17.8 Å². The Balaban J connectivity index is 1.74. The molecule has 0 atom stereocenters. The van der Waals surface area contributed by atoms with Crippen LogP contribution in [0.15, 0.2) is 82.6 Å². The van der Waals surface area contributed by atoms with Gasteiger partial charge in [-0.05, 0) is 42.0 Å². The van der Waals surface area contributed by atoms with E-state index in [0.29, 0.717) is 0 Å². The highest BCUT2D eigenvalue weighted by atomic mass is 32.2. The number of benzene rings is 3. The molecule has 0 spiro atoms. The lowest BCUT2D eigenvalue weighted by Crippen LogP contribution is -2.29. The van der Waals surface area contributed by atoms with Gasteiger partial charge in [0.15, 0.2) is 0 Å². The fraction of sp³-hybridized carbons (Fsp3) is 0.0500. The number of hydrogen-bond donors (Lipinski definition) is 0. The zero-order valence-electron chi connectivity index (χ0n) is 12.8. The van der Waals surface area contributed by atoms with Crippen molar-refractivity contribution >= 4 is 29.0 Å². The first-order valence-electron chi connectivity index (χ1n) is 7.66. The van der Waals surface area contributed by atoms with E-state index in [1.54, 1.807) is 28.8 Å². The number of para-hydroxylation sites is 2. The van der Waals surface area contributed by atoms with E-state index in [4.69, 9.17) is 0 Å². The highest BCUT2D eigenvalue weighted by molar-refractivity contribution is 7.99. The van der Waals surface area contributed by atoms with E-state index >= 15 is 0 Å². The van der Waals surface area contributed by atoms with Crippen molar-refractivity contribution in [3.63, 3.8) is 0 Å². The number of amides is 1. The van der Waals surface area contributed by atoms with E-state index < -0.39 is 0 Å². The van der Waals surface area contributed by atoms with E-state index in [1.165, 1.54) is 12.1 Å². The molecule has 0 N–H and O–H groups in total. The highest BCUT2D eigenvalue weighted by Gasteiger charge is 2.27. The average molecular weight is 335 g/mol. The van der Waals surface area contributed by atoms with Gasteiger partial charge < -0.3 is 0 Å². The average Bonchev–Trinajstić information content (AvgIpc) is 2.61. The Labute approximate surface area is 143 Å². The van der Waals surface area contributed by atoms with Crippen molar-refractivity contribution in [3.05, 3.63) is 84.2 Å². The first kappa shape index (κ1) is 15.0. The van der Waals surface area contributed by atoms with Crippen LogP contribution in [-0.4, -0.2) is 5.91 Å². The number of hydrogen-bond acceptors (Lipinski definition) is 2. The van der Waals surface area contributed by atoms with Crippen molar-refractivity contribution in [2.24, 2.45) is 0 Å². The van der Waals surface area contributed by atoms with Gasteiger partial charge in [0.2, 0.25) is 5.91 Å². The molecule has 1 heterocycles. The molecule has 0 unspecified atom stereocenters. The summed E-state index contributed by atoms with van der Waals surface area (Å²) in [5.74, 6) is -0.321. The summed E-state index contributed by atoms with van der Waals surface area (Å²) >= 11 is 1.67. The van der Waals surface area contributed by atoms with Gasteiger partial charge in [0.25, 0.3) is 0 Å². The van der Waals surface area contributed by atoms with Gasteiger partial charge in [0, 0.05) is 9.79 Å². The largest absolute Gasteiger partial charge is 0.278 e. The Morgan fingerprint density at radius 1 is 0.833 bits per heavy atom. The van der Waals surface area contributed by atoms with Gasteiger partial charge >= 0.3 is 0 Å². The van der Waals surface area contributed by atoms with E-state index in [1.807, 2.05) is 48.5 Å². The molecule has 0 saturated heterocycles. The number of nitrogens with zero attached hydrogens (tertiary/aromatic N) is 1. The summed E-state index contributed by atoms with van der Waals surface area (Å²) in [5.41, 5.74) is 2.59. The second-order valence-electron chi connectivity index (χ2n) is 5.57. The topological polar surface area (TPSA) is 20.3 Å². The molecule has 3 aromatic rings. The zero-order valence-corrected chi connectivity index (χ0v) is 13.6. The van der Waals surface area contributed by atoms with E-state index in [-0.39, 0.29) is 18.1 Å². The molecule has 0 fully saturated rings. The maximum absolute atomic E-state index is 13.1. The van der Waals surface area contributed by atoms with Crippen molar-refractivity contribution in [1.29, 1.82) is 0 Å². The lowest BCUT2D eigenvalue weighted by Gasteiger charge is -2.31. The zero-order chi connectivity index (χ0) is 16.5. The summed E-state index contributed by atoms with van der Waals surface area (Å²) in [6.45, 7) is 0. The van der Waals surface area contributed by atoms with Crippen molar-refractivity contribution in [3.8, 4) is 0 Å². The molecule has 2 nitrogen and oxygen atoms in total. The maximum atomic E-state index is 13.1. The molecule has 118 valence electrons. The number of carbonyl (C=O) groups is 1. The molecule has 0 bridgehead atoms. The van der Waals surface area contributed by atoms with Crippen molar-refractivity contribution in [2.45, 2.75) is 16.2 Å². The molecule has 0 radical (unpaired) electrons. The first-order valence-corrected chi connectivity index (χ1v) is 8.47. The monoisotopic (exact) mass is 335 g/mol. The summed E-state index contributed by atoms with van der Waals surface area (Å²) < 4.78 is 13.1. The third-order valence-electron chi connectivity index (χ3n) is 3.95. The second-order valence-corrected chi connectivity index (χ2v) is 6.65. The van der Waals surface area contributed by atoms with Crippen LogP contribution in [0.3, 0.4) is 0 Å². The third kappa shape index (κ3) is 2.69. The summed E-state index contributed by atoms with van der Waals surface area (Å²) in [4.78, 5) is 16.9. The summed E-state index contributed by atoms with van der Waals surface area (Å²) in [7, 11) is 0. The molecule has 3 aromatic carbocycles. The standard InChI is InChI=1S/C20H14FNOS/c21-15-11-9-14(10-12-15)13-20(23)22-16-5-1-3-7-18(16)24-19-8-4-2-6-17(19)22/h1-12H,13H2. The molecule has 0 aromatic heterocycles. The predicted octanol–water partition coefficient (Wildman–Crippen LogP) is 5.20. The van der Waals surface area contributed by atoms with Gasteiger partial charge in [-0.2, -0.15) is 0 Å². The van der Waals surface area contributed by atoms with E-state index in [0.717, 1.165) is 26.7 Å². The minimum Gasteiger partial charge on any atom is -0.278 e. The first-order chi connectivity index (χ1) is 11.7.